The Hall–Kier alpha value is -0.320. The van der Waals surface area contributed by atoms with E-state index >= 15 is 0 Å². The highest BCUT2D eigenvalue weighted by atomic mass is 35.5. The second-order valence-corrected chi connectivity index (χ2v) is 7.39. The van der Waals surface area contributed by atoms with Crippen LogP contribution in [0.3, 0.4) is 0 Å². The Kier molecular flexibility index (Phi) is 10.2. The zero-order valence-corrected chi connectivity index (χ0v) is 15.9. The molecule has 0 spiro atoms. The van der Waals surface area contributed by atoms with Gasteiger partial charge >= 0.3 is 0 Å². The molecule has 0 atom stereocenters. The highest BCUT2D eigenvalue weighted by Crippen LogP contribution is 2.24. The molecule has 23 heavy (non-hydrogen) atoms. The minimum Gasteiger partial charge on any atom is -0.344 e. The lowest BCUT2D eigenvalue weighted by molar-refractivity contribution is -0.132. The first-order valence-corrected chi connectivity index (χ1v) is 9.30. The van der Waals surface area contributed by atoms with Crippen molar-refractivity contribution in [2.45, 2.75) is 51.4 Å². The molecule has 0 unspecified atom stereocenters. The fourth-order valence-corrected chi connectivity index (χ4v) is 3.95. The lowest BCUT2D eigenvalue weighted by Crippen LogP contribution is -2.43. The number of halogens is 1. The first-order valence-electron chi connectivity index (χ1n) is 9.30. The standard InChI is InChI=1S/C18H35N3O.ClH/c1-19-11-8-16-9-12-21(13-10-16)15-18(22)20(2)14-17-6-4-3-5-7-17;/h16-17,19H,3-15H2,1-2H3;1H. The van der Waals surface area contributed by atoms with E-state index in [1.165, 1.54) is 51.4 Å². The summed E-state index contributed by atoms with van der Waals surface area (Å²) in [5.74, 6) is 1.91. The molecule has 1 saturated carbocycles. The fraction of sp³-hybridized carbons (Fsp3) is 0.944. The number of rotatable bonds is 7. The van der Waals surface area contributed by atoms with Crippen LogP contribution in [-0.2, 0) is 4.79 Å². The third-order valence-corrected chi connectivity index (χ3v) is 5.55. The lowest BCUT2D eigenvalue weighted by Gasteiger charge is -2.33. The summed E-state index contributed by atoms with van der Waals surface area (Å²) in [5.41, 5.74) is 0. The third-order valence-electron chi connectivity index (χ3n) is 5.55. The fourth-order valence-electron chi connectivity index (χ4n) is 3.95. The maximum absolute atomic E-state index is 12.4. The molecule has 4 nitrogen and oxygen atoms in total. The number of carbonyl (C=O) groups is 1. The average Bonchev–Trinajstić information content (AvgIpc) is 2.55. The van der Waals surface area contributed by atoms with Gasteiger partial charge in [0.15, 0.2) is 0 Å². The molecule has 0 aromatic heterocycles. The minimum absolute atomic E-state index is 0. The third kappa shape index (κ3) is 7.40. The van der Waals surface area contributed by atoms with Gasteiger partial charge in [0.2, 0.25) is 5.91 Å². The predicted molar refractivity (Wildman–Crippen MR) is 99.2 cm³/mol. The summed E-state index contributed by atoms with van der Waals surface area (Å²) in [6.07, 6.45) is 10.5. The van der Waals surface area contributed by atoms with Gasteiger partial charge in [0.1, 0.15) is 0 Å². The van der Waals surface area contributed by atoms with Crippen molar-refractivity contribution in [3.63, 3.8) is 0 Å². The molecule has 1 aliphatic carbocycles. The molecule has 2 aliphatic rings. The molecule has 1 N–H and O–H groups in total. The van der Waals surface area contributed by atoms with Crippen LogP contribution in [0.5, 0.6) is 0 Å². The van der Waals surface area contributed by atoms with Crippen molar-refractivity contribution in [2.75, 3.05) is 46.8 Å². The zero-order chi connectivity index (χ0) is 15.8. The summed E-state index contributed by atoms with van der Waals surface area (Å²) >= 11 is 0. The van der Waals surface area contributed by atoms with E-state index in [1.54, 1.807) is 0 Å². The van der Waals surface area contributed by atoms with Crippen molar-refractivity contribution in [1.29, 1.82) is 0 Å². The van der Waals surface area contributed by atoms with Crippen LogP contribution in [0.1, 0.15) is 51.4 Å². The summed E-state index contributed by atoms with van der Waals surface area (Å²) in [7, 11) is 4.02. The van der Waals surface area contributed by atoms with Crippen LogP contribution < -0.4 is 5.32 Å². The van der Waals surface area contributed by atoms with Crippen LogP contribution >= 0.6 is 12.4 Å². The molecule has 2 rings (SSSR count). The molecule has 2 fully saturated rings. The Morgan fingerprint density at radius 1 is 1.09 bits per heavy atom. The predicted octanol–water partition coefficient (Wildman–Crippen LogP) is 2.77. The van der Waals surface area contributed by atoms with Gasteiger partial charge in [0.05, 0.1) is 6.54 Å². The molecule has 1 saturated heterocycles. The van der Waals surface area contributed by atoms with Crippen molar-refractivity contribution < 1.29 is 4.79 Å². The SMILES string of the molecule is CNCCC1CCN(CC(=O)N(C)CC2CCCCC2)CC1.Cl. The van der Waals surface area contributed by atoms with E-state index in [2.05, 4.69) is 10.2 Å². The molecule has 0 radical (unpaired) electrons. The van der Waals surface area contributed by atoms with Gasteiger partial charge in [-0.05, 0) is 70.6 Å². The highest BCUT2D eigenvalue weighted by molar-refractivity contribution is 5.85. The quantitative estimate of drug-likeness (QED) is 0.770. The van der Waals surface area contributed by atoms with Gasteiger partial charge < -0.3 is 10.2 Å². The number of likely N-dealkylation sites (N-methyl/N-ethyl adjacent to an activating group) is 1. The second-order valence-electron chi connectivity index (χ2n) is 7.39. The maximum Gasteiger partial charge on any atom is 0.236 e. The second kappa shape index (κ2) is 11.3. The summed E-state index contributed by atoms with van der Waals surface area (Å²) in [4.78, 5) is 16.8. The molecule has 5 heteroatoms. The monoisotopic (exact) mass is 345 g/mol. The molecular weight excluding hydrogens is 310 g/mol. The van der Waals surface area contributed by atoms with Crippen molar-refractivity contribution >= 4 is 18.3 Å². The minimum atomic E-state index is 0. The van der Waals surface area contributed by atoms with Crippen LogP contribution in [0.2, 0.25) is 0 Å². The molecule has 0 aromatic carbocycles. The lowest BCUT2D eigenvalue weighted by atomic mass is 9.89. The molecule has 0 aromatic rings. The summed E-state index contributed by atoms with van der Waals surface area (Å²) in [5, 5.41) is 3.24. The molecule has 1 heterocycles. The first-order chi connectivity index (χ1) is 10.7. The number of nitrogens with zero attached hydrogens (tertiary/aromatic N) is 2. The van der Waals surface area contributed by atoms with Crippen LogP contribution in [0.15, 0.2) is 0 Å². The zero-order valence-electron chi connectivity index (χ0n) is 15.1. The summed E-state index contributed by atoms with van der Waals surface area (Å²) in [6, 6.07) is 0. The van der Waals surface area contributed by atoms with Gasteiger partial charge in [0.25, 0.3) is 0 Å². The topological polar surface area (TPSA) is 35.6 Å². The number of nitrogens with one attached hydrogen (secondary N) is 1. The molecule has 1 aliphatic heterocycles. The Morgan fingerprint density at radius 3 is 2.35 bits per heavy atom. The van der Waals surface area contributed by atoms with Crippen LogP contribution in [0.25, 0.3) is 0 Å². The normalized spacial score (nSPS) is 21.0. The van der Waals surface area contributed by atoms with Crippen LogP contribution in [-0.4, -0.2) is 62.5 Å². The summed E-state index contributed by atoms with van der Waals surface area (Å²) in [6.45, 7) is 4.90. The highest BCUT2D eigenvalue weighted by Gasteiger charge is 2.23. The van der Waals surface area contributed by atoms with Crippen molar-refractivity contribution in [3.05, 3.63) is 0 Å². The van der Waals surface area contributed by atoms with E-state index in [-0.39, 0.29) is 12.4 Å². The van der Waals surface area contributed by atoms with Crippen LogP contribution in [0, 0.1) is 11.8 Å². The molecule has 136 valence electrons. The van der Waals surface area contributed by atoms with E-state index < -0.39 is 0 Å². The Morgan fingerprint density at radius 2 is 1.74 bits per heavy atom. The number of likely N-dealkylation sites (tertiary alicyclic amines) is 1. The number of piperidine rings is 1. The average molecular weight is 346 g/mol. The van der Waals surface area contributed by atoms with Gasteiger partial charge in [-0.1, -0.05) is 19.3 Å². The summed E-state index contributed by atoms with van der Waals surface area (Å²) < 4.78 is 0. The number of amides is 1. The van der Waals surface area contributed by atoms with Gasteiger partial charge in [0, 0.05) is 13.6 Å². The van der Waals surface area contributed by atoms with E-state index in [1.807, 2.05) is 19.0 Å². The van der Waals surface area contributed by atoms with Crippen molar-refractivity contribution in [3.8, 4) is 0 Å². The molecule has 1 amide bonds. The first kappa shape index (κ1) is 20.7. The van der Waals surface area contributed by atoms with E-state index in [0.29, 0.717) is 12.5 Å². The largest absolute Gasteiger partial charge is 0.344 e. The smallest absolute Gasteiger partial charge is 0.236 e. The molecular formula is C18H36ClN3O. The Labute approximate surface area is 148 Å². The van der Waals surface area contributed by atoms with Gasteiger partial charge in [-0.15, -0.1) is 12.4 Å². The van der Waals surface area contributed by atoms with Crippen molar-refractivity contribution in [1.82, 2.24) is 15.1 Å². The van der Waals surface area contributed by atoms with E-state index in [0.717, 1.165) is 38.0 Å². The Bertz CT molecular complexity index is 326. The van der Waals surface area contributed by atoms with Gasteiger partial charge in [-0.25, -0.2) is 0 Å². The number of hydrogen-bond acceptors (Lipinski definition) is 3. The van der Waals surface area contributed by atoms with Crippen LogP contribution in [0.4, 0.5) is 0 Å². The number of hydrogen-bond donors (Lipinski definition) is 1. The van der Waals surface area contributed by atoms with Gasteiger partial charge in [-0.2, -0.15) is 0 Å². The van der Waals surface area contributed by atoms with E-state index in [9.17, 15) is 4.79 Å². The molecule has 0 bridgehead atoms. The number of carbonyl (C=O) groups excluding carboxylic acids is 1. The Balaban J connectivity index is 0.00000264. The van der Waals surface area contributed by atoms with Gasteiger partial charge in [-0.3, -0.25) is 9.69 Å². The van der Waals surface area contributed by atoms with Crippen molar-refractivity contribution in [2.24, 2.45) is 11.8 Å². The maximum atomic E-state index is 12.4. The van der Waals surface area contributed by atoms with E-state index in [4.69, 9.17) is 0 Å².